The maximum Gasteiger partial charge on any atom is 0.269 e. The summed E-state index contributed by atoms with van der Waals surface area (Å²) in [4.78, 5) is 29.3. The van der Waals surface area contributed by atoms with Crippen LogP contribution in [0.4, 0.5) is 5.69 Å². The van der Waals surface area contributed by atoms with Gasteiger partial charge in [-0.05, 0) is 61.2 Å². The molecule has 1 aliphatic carbocycles. The second-order valence-electron chi connectivity index (χ2n) is 8.81. The van der Waals surface area contributed by atoms with Crippen molar-refractivity contribution in [3.63, 3.8) is 0 Å². The summed E-state index contributed by atoms with van der Waals surface area (Å²) in [6.07, 6.45) is 2.80. The van der Waals surface area contributed by atoms with Crippen molar-refractivity contribution in [3.8, 4) is 34.5 Å². The van der Waals surface area contributed by atoms with E-state index < -0.39 is 5.91 Å². The number of anilines is 1. The molecule has 37 heavy (non-hydrogen) atoms. The molecule has 0 fully saturated rings. The first-order chi connectivity index (χ1) is 17.9. The summed E-state index contributed by atoms with van der Waals surface area (Å²) in [5.74, 6) is 0.264. The fourth-order valence-corrected chi connectivity index (χ4v) is 4.75. The number of nitrogens with one attached hydrogen (secondary N) is 1. The number of benzene rings is 2. The first-order valence-electron chi connectivity index (χ1n) is 11.6. The molecule has 3 heterocycles. The van der Waals surface area contributed by atoms with E-state index in [2.05, 4.69) is 15.4 Å². The van der Waals surface area contributed by atoms with E-state index in [1.54, 1.807) is 23.7 Å². The predicted molar refractivity (Wildman–Crippen MR) is 133 cm³/mol. The lowest BCUT2D eigenvalue weighted by atomic mass is 9.88. The van der Waals surface area contributed by atoms with Crippen LogP contribution in [0.2, 0.25) is 0 Å². The third-order valence-corrected chi connectivity index (χ3v) is 6.55. The summed E-state index contributed by atoms with van der Waals surface area (Å²) in [6, 6.07) is 14.5. The van der Waals surface area contributed by atoms with Crippen molar-refractivity contribution in [1.82, 2.24) is 14.8 Å². The SMILES string of the molecule is Cc1cnc(C#N)cc1C(=O)Nc1ccc2c(c1)-c1c(c(C(N)=O)nn1-c1ccc3c(c1)OCO3)CC2. The number of carbonyl (C=O) groups excluding carboxylic acids is 2. The van der Waals surface area contributed by atoms with Crippen LogP contribution < -0.4 is 20.5 Å². The molecular formula is C27H20N6O4. The molecule has 182 valence electrons. The normalized spacial score (nSPS) is 12.9. The third-order valence-electron chi connectivity index (χ3n) is 6.55. The molecule has 0 saturated carbocycles. The highest BCUT2D eigenvalue weighted by Crippen LogP contribution is 2.40. The molecule has 2 aliphatic rings. The number of nitrogens with zero attached hydrogens (tertiary/aromatic N) is 4. The van der Waals surface area contributed by atoms with Crippen LogP contribution in [0.5, 0.6) is 11.5 Å². The average Bonchev–Trinajstić information content (AvgIpc) is 3.53. The minimum atomic E-state index is -0.606. The lowest BCUT2D eigenvalue weighted by molar-refractivity contribution is 0.0992. The number of hydrogen-bond acceptors (Lipinski definition) is 7. The van der Waals surface area contributed by atoms with E-state index in [0.29, 0.717) is 46.8 Å². The molecule has 0 atom stereocenters. The molecule has 6 rings (SSSR count). The van der Waals surface area contributed by atoms with Crippen LogP contribution in [-0.4, -0.2) is 33.4 Å². The van der Waals surface area contributed by atoms with Crippen LogP contribution in [-0.2, 0) is 12.8 Å². The summed E-state index contributed by atoms with van der Waals surface area (Å²) < 4.78 is 12.6. The van der Waals surface area contributed by atoms with Crippen molar-refractivity contribution in [2.45, 2.75) is 19.8 Å². The average molecular weight is 492 g/mol. The zero-order chi connectivity index (χ0) is 25.7. The summed E-state index contributed by atoms with van der Waals surface area (Å²) in [7, 11) is 0. The number of primary amides is 1. The van der Waals surface area contributed by atoms with Gasteiger partial charge < -0.3 is 20.5 Å². The van der Waals surface area contributed by atoms with Gasteiger partial charge in [0.05, 0.1) is 11.4 Å². The first kappa shape index (κ1) is 22.3. The molecule has 10 nitrogen and oxygen atoms in total. The number of hydrogen-bond donors (Lipinski definition) is 2. The Bertz CT molecular complexity index is 1670. The lowest BCUT2D eigenvalue weighted by Crippen LogP contribution is -2.16. The van der Waals surface area contributed by atoms with Crippen LogP contribution in [0.25, 0.3) is 16.9 Å². The van der Waals surface area contributed by atoms with Crippen molar-refractivity contribution >= 4 is 17.5 Å². The number of rotatable bonds is 4. The number of aryl methyl sites for hydroxylation is 2. The monoisotopic (exact) mass is 492 g/mol. The molecule has 0 radical (unpaired) electrons. The molecule has 10 heteroatoms. The molecule has 3 N–H and O–H groups in total. The minimum Gasteiger partial charge on any atom is -0.454 e. The van der Waals surface area contributed by atoms with E-state index in [1.807, 2.05) is 30.3 Å². The minimum absolute atomic E-state index is 0.140. The fourth-order valence-electron chi connectivity index (χ4n) is 4.75. The molecule has 0 spiro atoms. The maximum atomic E-state index is 13.1. The Morgan fingerprint density at radius 1 is 1.11 bits per heavy atom. The zero-order valence-corrected chi connectivity index (χ0v) is 19.7. The van der Waals surface area contributed by atoms with E-state index in [-0.39, 0.29) is 24.1 Å². The van der Waals surface area contributed by atoms with Crippen molar-refractivity contribution in [1.29, 1.82) is 5.26 Å². The van der Waals surface area contributed by atoms with Gasteiger partial charge >= 0.3 is 0 Å². The highest BCUT2D eigenvalue weighted by atomic mass is 16.7. The Balaban J connectivity index is 1.44. The summed E-state index contributed by atoms with van der Waals surface area (Å²) in [5, 5.41) is 16.7. The van der Waals surface area contributed by atoms with E-state index in [9.17, 15) is 9.59 Å². The number of ether oxygens (including phenoxy) is 2. The summed E-state index contributed by atoms with van der Waals surface area (Å²) >= 11 is 0. The highest BCUT2D eigenvalue weighted by Gasteiger charge is 2.29. The molecular weight excluding hydrogens is 472 g/mol. The number of carbonyl (C=O) groups is 2. The molecule has 2 aromatic carbocycles. The number of aromatic nitrogens is 3. The number of pyridine rings is 1. The van der Waals surface area contributed by atoms with Gasteiger partial charge in [-0.15, -0.1) is 0 Å². The molecule has 0 bridgehead atoms. The second kappa shape index (κ2) is 8.49. The zero-order valence-electron chi connectivity index (χ0n) is 19.7. The van der Waals surface area contributed by atoms with Gasteiger partial charge in [0.25, 0.3) is 11.8 Å². The van der Waals surface area contributed by atoms with Crippen LogP contribution in [0.1, 0.15) is 43.2 Å². The topological polar surface area (TPSA) is 145 Å². The van der Waals surface area contributed by atoms with Crippen LogP contribution in [0, 0.1) is 18.3 Å². The van der Waals surface area contributed by atoms with Gasteiger partial charge in [-0.3, -0.25) is 9.59 Å². The smallest absolute Gasteiger partial charge is 0.269 e. The van der Waals surface area contributed by atoms with Gasteiger partial charge in [0, 0.05) is 34.6 Å². The Morgan fingerprint density at radius 3 is 2.76 bits per heavy atom. The van der Waals surface area contributed by atoms with Gasteiger partial charge in [0.15, 0.2) is 17.2 Å². The molecule has 0 saturated heterocycles. The summed E-state index contributed by atoms with van der Waals surface area (Å²) in [6.45, 7) is 1.90. The van der Waals surface area contributed by atoms with Crippen molar-refractivity contribution in [2.24, 2.45) is 5.73 Å². The predicted octanol–water partition coefficient (Wildman–Crippen LogP) is 3.29. The van der Waals surface area contributed by atoms with Crippen molar-refractivity contribution < 1.29 is 19.1 Å². The van der Waals surface area contributed by atoms with E-state index in [0.717, 1.165) is 22.4 Å². The number of nitriles is 1. The van der Waals surface area contributed by atoms with Gasteiger partial charge in [-0.1, -0.05) is 6.07 Å². The Hall–Kier alpha value is -5.17. The molecule has 2 amide bonds. The van der Waals surface area contributed by atoms with Crippen LogP contribution in [0.3, 0.4) is 0 Å². The molecule has 1 aliphatic heterocycles. The van der Waals surface area contributed by atoms with Gasteiger partial charge in [0.1, 0.15) is 11.8 Å². The van der Waals surface area contributed by atoms with E-state index in [4.69, 9.17) is 20.5 Å². The van der Waals surface area contributed by atoms with E-state index in [1.165, 1.54) is 12.3 Å². The Kier molecular flexibility index (Phi) is 5.12. The van der Waals surface area contributed by atoms with Gasteiger partial charge in [0.2, 0.25) is 6.79 Å². The highest BCUT2D eigenvalue weighted by molar-refractivity contribution is 6.05. The van der Waals surface area contributed by atoms with E-state index >= 15 is 0 Å². The standard InChI is InChI=1S/C27H20N6O4/c1-14-12-30-17(11-28)9-20(14)27(35)31-16-4-2-15-3-6-19-24(26(29)34)32-33(25(19)21(15)8-16)18-5-7-22-23(10-18)37-13-36-22/h2,4-5,7-10,12H,3,6,13H2,1H3,(H2,29,34)(H,31,35). The van der Waals surface area contributed by atoms with Crippen molar-refractivity contribution in [3.05, 3.63) is 82.3 Å². The van der Waals surface area contributed by atoms with Crippen LogP contribution in [0.15, 0.2) is 48.7 Å². The van der Waals surface area contributed by atoms with Gasteiger partial charge in [-0.25, -0.2) is 9.67 Å². The Morgan fingerprint density at radius 2 is 1.95 bits per heavy atom. The number of fused-ring (bicyclic) bond motifs is 4. The molecule has 0 unspecified atom stereocenters. The van der Waals surface area contributed by atoms with Crippen molar-refractivity contribution in [2.75, 3.05) is 12.1 Å². The molecule has 4 aromatic rings. The molecule has 2 aromatic heterocycles. The third kappa shape index (κ3) is 3.73. The number of nitrogens with two attached hydrogens (primary N) is 1. The number of amides is 2. The quantitative estimate of drug-likeness (QED) is 0.445. The largest absolute Gasteiger partial charge is 0.454 e. The second-order valence-corrected chi connectivity index (χ2v) is 8.81. The first-order valence-corrected chi connectivity index (χ1v) is 11.6. The fraction of sp³-hybridized carbons (Fsp3) is 0.148. The van der Waals surface area contributed by atoms with Crippen LogP contribution >= 0.6 is 0 Å². The summed E-state index contributed by atoms with van der Waals surface area (Å²) in [5.41, 5.74) is 11.7. The Labute approximate surface area is 211 Å². The lowest BCUT2D eigenvalue weighted by Gasteiger charge is -2.20. The van der Waals surface area contributed by atoms with Gasteiger partial charge in [-0.2, -0.15) is 10.4 Å². The maximum absolute atomic E-state index is 13.1.